The molecule has 74 valence electrons. The Morgan fingerprint density at radius 1 is 1.13 bits per heavy atom. The van der Waals surface area contributed by atoms with Gasteiger partial charge in [0.25, 0.3) is 0 Å². The summed E-state index contributed by atoms with van der Waals surface area (Å²) in [4.78, 5) is 21.3. The van der Waals surface area contributed by atoms with Gasteiger partial charge in [-0.05, 0) is 18.1 Å². The van der Waals surface area contributed by atoms with Crippen LogP contribution >= 0.6 is 0 Å². The maximum atomic E-state index is 10.6. The molecule has 0 atom stereocenters. The van der Waals surface area contributed by atoms with E-state index >= 15 is 0 Å². The quantitative estimate of drug-likeness (QED) is 0.420. The number of carbonyl (C=O) groups excluding carboxylic acids is 2. The Morgan fingerprint density at radius 2 is 1.80 bits per heavy atom. The molecule has 1 aromatic carbocycles. The van der Waals surface area contributed by atoms with Gasteiger partial charge in [-0.15, -0.1) is 5.01 Å². The summed E-state index contributed by atoms with van der Waals surface area (Å²) in [5.41, 5.74) is 3.10. The molecule has 1 N–H and O–H groups in total. The number of benzene rings is 1. The van der Waals surface area contributed by atoms with E-state index in [2.05, 4.69) is 22.1 Å². The van der Waals surface area contributed by atoms with Crippen LogP contribution in [0.3, 0.4) is 0 Å². The molecule has 0 saturated carbocycles. The predicted molar refractivity (Wildman–Crippen MR) is 50.2 cm³/mol. The fourth-order valence-corrected chi connectivity index (χ4v) is 0.970. The van der Waals surface area contributed by atoms with E-state index in [1.165, 1.54) is 0 Å². The molecular formula is C10H6N2O3. The second kappa shape index (κ2) is 3.72. The van der Waals surface area contributed by atoms with Crippen LogP contribution in [0.4, 0.5) is 9.59 Å². The Kier molecular flexibility index (Phi) is 2.25. The van der Waals surface area contributed by atoms with Crippen LogP contribution in [0.5, 0.6) is 0 Å². The normalized spacial score (nSPS) is 13.5. The van der Waals surface area contributed by atoms with Crippen LogP contribution in [-0.4, -0.2) is 17.2 Å². The standard InChI is InChI=1S/C10H6N2O3/c13-9-12(10(14)15-9)11-7-6-8-4-2-1-3-5-8/h1-5,11H. The highest BCUT2D eigenvalue weighted by Gasteiger charge is 2.37. The molecule has 1 heterocycles. The van der Waals surface area contributed by atoms with Crippen molar-refractivity contribution in [3.63, 3.8) is 0 Å². The van der Waals surface area contributed by atoms with Gasteiger partial charge in [0.2, 0.25) is 0 Å². The molecule has 1 aliphatic heterocycles. The molecule has 2 rings (SSSR count). The van der Waals surface area contributed by atoms with Crippen LogP contribution in [0.2, 0.25) is 0 Å². The van der Waals surface area contributed by atoms with Crippen molar-refractivity contribution in [2.24, 2.45) is 0 Å². The minimum absolute atomic E-state index is 0.690. The third kappa shape index (κ3) is 1.89. The van der Waals surface area contributed by atoms with Crippen molar-refractivity contribution < 1.29 is 14.3 Å². The zero-order chi connectivity index (χ0) is 10.7. The average molecular weight is 202 g/mol. The van der Waals surface area contributed by atoms with Gasteiger partial charge < -0.3 is 4.74 Å². The molecule has 0 aromatic heterocycles. The van der Waals surface area contributed by atoms with Gasteiger partial charge in [0.05, 0.1) is 0 Å². The molecule has 0 bridgehead atoms. The summed E-state index contributed by atoms with van der Waals surface area (Å²) >= 11 is 0. The third-order valence-electron chi connectivity index (χ3n) is 1.69. The van der Waals surface area contributed by atoms with Crippen molar-refractivity contribution in [3.8, 4) is 12.0 Å². The van der Waals surface area contributed by atoms with Gasteiger partial charge in [0, 0.05) is 11.6 Å². The van der Waals surface area contributed by atoms with E-state index in [1.54, 1.807) is 0 Å². The third-order valence-corrected chi connectivity index (χ3v) is 1.69. The number of carbonyl (C=O) groups is 2. The molecular weight excluding hydrogens is 196 g/mol. The number of ether oxygens (including phenoxy) is 1. The Morgan fingerprint density at radius 3 is 2.40 bits per heavy atom. The lowest BCUT2D eigenvalue weighted by Gasteiger charge is -2.23. The molecule has 0 radical (unpaired) electrons. The second-order valence-electron chi connectivity index (χ2n) is 2.70. The van der Waals surface area contributed by atoms with Crippen LogP contribution in [0.15, 0.2) is 30.3 Å². The fraction of sp³-hybridized carbons (Fsp3) is 0. The van der Waals surface area contributed by atoms with Crippen molar-refractivity contribution in [3.05, 3.63) is 35.9 Å². The molecule has 5 nitrogen and oxygen atoms in total. The maximum absolute atomic E-state index is 10.6. The first-order valence-electron chi connectivity index (χ1n) is 4.15. The van der Waals surface area contributed by atoms with Crippen LogP contribution in [0, 0.1) is 12.0 Å². The lowest BCUT2D eigenvalue weighted by atomic mass is 10.2. The Labute approximate surface area is 85.6 Å². The molecule has 0 unspecified atom stereocenters. The summed E-state index contributed by atoms with van der Waals surface area (Å²) in [6, 6.07) is 11.6. The molecule has 1 fully saturated rings. The number of amides is 2. The molecule has 0 spiro atoms. The van der Waals surface area contributed by atoms with E-state index in [1.807, 2.05) is 30.3 Å². The van der Waals surface area contributed by atoms with E-state index < -0.39 is 12.2 Å². The van der Waals surface area contributed by atoms with Gasteiger partial charge in [-0.3, -0.25) is 0 Å². The molecule has 2 amide bonds. The number of hydrogen-bond acceptors (Lipinski definition) is 4. The number of nitrogens with zero attached hydrogens (tertiary/aromatic N) is 1. The van der Waals surface area contributed by atoms with Crippen molar-refractivity contribution in [1.82, 2.24) is 10.4 Å². The minimum Gasteiger partial charge on any atom is -0.356 e. The van der Waals surface area contributed by atoms with Crippen molar-refractivity contribution in [2.75, 3.05) is 0 Å². The molecule has 1 aliphatic rings. The first-order chi connectivity index (χ1) is 7.27. The first kappa shape index (κ1) is 9.09. The van der Waals surface area contributed by atoms with Crippen LogP contribution in [-0.2, 0) is 4.74 Å². The number of hydrogen-bond donors (Lipinski definition) is 1. The van der Waals surface area contributed by atoms with Gasteiger partial charge in [0.1, 0.15) is 0 Å². The number of cyclic esters (lactones) is 2. The SMILES string of the molecule is O=C1OC(=O)N1NC#Cc1ccccc1. The largest absolute Gasteiger partial charge is 0.448 e. The molecule has 1 saturated heterocycles. The van der Waals surface area contributed by atoms with Crippen LogP contribution < -0.4 is 5.43 Å². The van der Waals surface area contributed by atoms with Crippen molar-refractivity contribution >= 4 is 12.2 Å². The summed E-state index contributed by atoms with van der Waals surface area (Å²) in [6.07, 6.45) is -1.50. The maximum Gasteiger partial charge on any atom is 0.448 e. The molecule has 15 heavy (non-hydrogen) atoms. The lowest BCUT2D eigenvalue weighted by molar-refractivity contribution is 0.0462. The smallest absolute Gasteiger partial charge is 0.356 e. The van der Waals surface area contributed by atoms with Crippen LogP contribution in [0.1, 0.15) is 5.56 Å². The predicted octanol–water partition coefficient (Wildman–Crippen LogP) is 1.07. The highest BCUT2D eigenvalue weighted by atomic mass is 16.7. The van der Waals surface area contributed by atoms with E-state index in [0.717, 1.165) is 5.56 Å². The molecule has 1 aromatic rings. The molecule has 0 aliphatic carbocycles. The van der Waals surface area contributed by atoms with Gasteiger partial charge >= 0.3 is 12.2 Å². The van der Waals surface area contributed by atoms with E-state index in [0.29, 0.717) is 5.01 Å². The van der Waals surface area contributed by atoms with Gasteiger partial charge in [-0.25, -0.2) is 15.0 Å². The summed E-state index contributed by atoms with van der Waals surface area (Å²) < 4.78 is 4.07. The Balaban J connectivity index is 1.96. The number of rotatable bonds is 1. The van der Waals surface area contributed by atoms with Gasteiger partial charge in [-0.2, -0.15) is 0 Å². The number of nitrogens with one attached hydrogen (secondary N) is 1. The number of hydrazine groups is 1. The topological polar surface area (TPSA) is 58.6 Å². The highest BCUT2D eigenvalue weighted by Crippen LogP contribution is 2.05. The Bertz CT molecular complexity index is 445. The first-order valence-corrected chi connectivity index (χ1v) is 4.15. The van der Waals surface area contributed by atoms with Gasteiger partial charge in [-0.1, -0.05) is 18.2 Å². The minimum atomic E-state index is -0.748. The van der Waals surface area contributed by atoms with Gasteiger partial charge in [0.15, 0.2) is 0 Å². The zero-order valence-electron chi connectivity index (χ0n) is 7.56. The molecule has 5 heteroatoms. The monoisotopic (exact) mass is 202 g/mol. The van der Waals surface area contributed by atoms with Crippen LogP contribution in [0.25, 0.3) is 0 Å². The number of imide groups is 1. The summed E-state index contributed by atoms with van der Waals surface area (Å²) in [7, 11) is 0. The summed E-state index contributed by atoms with van der Waals surface area (Å²) in [5.74, 6) is 2.72. The van der Waals surface area contributed by atoms with Crippen molar-refractivity contribution in [2.45, 2.75) is 0 Å². The fourth-order valence-electron chi connectivity index (χ4n) is 0.970. The average Bonchev–Trinajstić information content (AvgIpc) is 2.26. The van der Waals surface area contributed by atoms with E-state index in [4.69, 9.17) is 0 Å². The summed E-state index contributed by atoms with van der Waals surface area (Å²) in [6.45, 7) is 0. The Hall–Kier alpha value is -2.48. The van der Waals surface area contributed by atoms with Crippen molar-refractivity contribution in [1.29, 1.82) is 0 Å². The second-order valence-corrected chi connectivity index (χ2v) is 2.70. The summed E-state index contributed by atoms with van der Waals surface area (Å²) in [5, 5.41) is 0.690. The highest BCUT2D eigenvalue weighted by molar-refractivity contribution is 6.02. The lowest BCUT2D eigenvalue weighted by Crippen LogP contribution is -2.55. The van der Waals surface area contributed by atoms with E-state index in [9.17, 15) is 9.59 Å². The zero-order valence-corrected chi connectivity index (χ0v) is 7.56. The van der Waals surface area contributed by atoms with E-state index in [-0.39, 0.29) is 0 Å².